The second-order valence-electron chi connectivity index (χ2n) is 19.4. The Labute approximate surface area is 577 Å². The van der Waals surface area contributed by atoms with E-state index in [1.807, 2.05) is 0 Å². The summed E-state index contributed by atoms with van der Waals surface area (Å²) in [7, 11) is -24.1. The van der Waals surface area contributed by atoms with Crippen molar-refractivity contribution in [2.45, 2.75) is 0 Å². The minimum Gasteiger partial charge on any atom is -0.765 e. The molecule has 0 aliphatic rings. The molecule has 0 radical (unpaired) electrons. The SMILES string of the molecule is O=P([O-])(Oc1ccccc1)c1ccccc1.O=P([O-])(Oc1ccccc1)c1ccccc1.O=P([O-])(Oc1ccccc1)c1ccccc1.O=P([O-])(Oc1ccccc1)c1ccccc1.O=P([O-])(Oc1ccccc1)c1ccccc1.O=P([O-])(Oc1ccccc1)c1ccccc1.[Mo+6]. The van der Waals surface area contributed by atoms with Crippen molar-refractivity contribution in [3.8, 4) is 34.5 Å². The molecule has 492 valence electrons. The zero-order chi connectivity index (χ0) is 68.6. The minimum atomic E-state index is -4.02. The third kappa shape index (κ3) is 27.0. The standard InChI is InChI=1S/6C12H11O3P.Mo/c6*13-16(14,12-9-5-2-6-10-12)15-11-7-3-1-4-8-11;/h6*1-10H,(H,13,14);/q;;;;;;+6/p-6. The fourth-order valence-electron chi connectivity index (χ4n) is 7.70. The van der Waals surface area contributed by atoms with Crippen LogP contribution in [0.5, 0.6) is 34.5 Å². The van der Waals surface area contributed by atoms with Crippen molar-refractivity contribution in [1.29, 1.82) is 0 Å². The van der Waals surface area contributed by atoms with Gasteiger partial charge in [-0.05, 0) is 146 Å². The van der Waals surface area contributed by atoms with Gasteiger partial charge in [0.05, 0.1) is 0 Å². The van der Waals surface area contributed by atoms with E-state index in [0.717, 1.165) is 0 Å². The second kappa shape index (κ2) is 38.9. The van der Waals surface area contributed by atoms with Crippen LogP contribution in [0.4, 0.5) is 0 Å². The van der Waals surface area contributed by atoms with Crippen LogP contribution in [0.3, 0.4) is 0 Å². The van der Waals surface area contributed by atoms with E-state index in [1.165, 1.54) is 72.8 Å². The summed E-state index contributed by atoms with van der Waals surface area (Å²) in [5.74, 6) is 1.94. The fourth-order valence-corrected chi connectivity index (χ4v) is 14.0. The average molecular weight is 1500 g/mol. The van der Waals surface area contributed by atoms with E-state index in [2.05, 4.69) is 0 Å². The smallest absolute Gasteiger partial charge is 0.765 e. The first-order valence-electron chi connectivity index (χ1n) is 28.8. The molecule has 0 saturated carbocycles. The molecule has 6 atom stereocenters. The Morgan fingerprint density at radius 3 is 0.330 bits per heavy atom. The summed E-state index contributed by atoms with van der Waals surface area (Å²) >= 11 is 0. The minimum absolute atomic E-state index is 0. The predicted octanol–water partition coefficient (Wildman–Crippen LogP) is 11.7. The van der Waals surface area contributed by atoms with E-state index in [4.69, 9.17) is 27.1 Å². The van der Waals surface area contributed by atoms with Crippen LogP contribution in [0.2, 0.25) is 0 Å². The van der Waals surface area contributed by atoms with Gasteiger partial charge in [0, 0.05) is 31.8 Å². The first-order chi connectivity index (χ1) is 46.1. The van der Waals surface area contributed by atoms with Crippen molar-refractivity contribution in [1.82, 2.24) is 0 Å². The van der Waals surface area contributed by atoms with E-state index < -0.39 is 45.6 Å². The molecule has 12 aromatic rings. The van der Waals surface area contributed by atoms with E-state index in [9.17, 15) is 56.8 Å². The van der Waals surface area contributed by atoms with E-state index >= 15 is 0 Å². The van der Waals surface area contributed by atoms with Gasteiger partial charge in [0.25, 0.3) is 0 Å². The zero-order valence-corrected chi connectivity index (χ0v) is 58.5. The molecule has 18 nitrogen and oxygen atoms in total. The first kappa shape index (κ1) is 77.3. The Morgan fingerprint density at radius 1 is 0.155 bits per heavy atom. The topological polar surface area (TPSA) is 296 Å². The molecular formula is C72H60MoO18P6. The Kier molecular flexibility index (Phi) is 31.0. The van der Waals surface area contributed by atoms with Crippen LogP contribution in [-0.2, 0) is 48.5 Å². The molecule has 6 unspecified atom stereocenters. The van der Waals surface area contributed by atoms with E-state index in [1.54, 1.807) is 291 Å². The van der Waals surface area contributed by atoms with Gasteiger partial charge in [-0.15, -0.1) is 0 Å². The average Bonchev–Trinajstić information content (AvgIpc) is 1.95. The number of para-hydroxylation sites is 6. The third-order valence-corrected chi connectivity index (χ3v) is 20.5. The summed E-state index contributed by atoms with van der Waals surface area (Å²) in [5, 5.41) is 1.08. The molecule has 0 bridgehead atoms. The largest absolute Gasteiger partial charge is 6.00 e. The molecule has 0 saturated heterocycles. The number of rotatable bonds is 18. The molecule has 12 rings (SSSR count). The van der Waals surface area contributed by atoms with Gasteiger partial charge < -0.3 is 56.5 Å². The van der Waals surface area contributed by atoms with E-state index in [-0.39, 0.29) is 52.9 Å². The van der Waals surface area contributed by atoms with Crippen molar-refractivity contribution in [2.24, 2.45) is 0 Å². The molecule has 0 heterocycles. The Balaban J connectivity index is 0.000000183. The molecule has 0 aliphatic carbocycles. The van der Waals surface area contributed by atoms with Gasteiger partial charge in [-0.25, -0.2) is 0 Å². The summed E-state index contributed by atoms with van der Waals surface area (Å²) in [5.41, 5.74) is 0. The van der Waals surface area contributed by atoms with Gasteiger partial charge in [-0.1, -0.05) is 218 Å². The second-order valence-corrected chi connectivity index (χ2v) is 29.6. The van der Waals surface area contributed by atoms with Crippen LogP contribution in [0, 0.1) is 0 Å². The molecule has 97 heavy (non-hydrogen) atoms. The molecule has 0 amide bonds. The number of hydrogen-bond acceptors (Lipinski definition) is 18. The molecule has 0 spiro atoms. The van der Waals surface area contributed by atoms with Gasteiger partial charge in [-0.2, -0.15) is 0 Å². The molecule has 0 fully saturated rings. The van der Waals surface area contributed by atoms with Crippen molar-refractivity contribution in [3.63, 3.8) is 0 Å². The van der Waals surface area contributed by atoms with Crippen molar-refractivity contribution in [2.75, 3.05) is 0 Å². The van der Waals surface area contributed by atoms with Gasteiger partial charge in [0.1, 0.15) is 34.5 Å². The summed E-state index contributed by atoms with van der Waals surface area (Å²) in [6.45, 7) is 0. The van der Waals surface area contributed by atoms with Gasteiger partial charge in [-0.3, -0.25) is 27.4 Å². The maximum absolute atomic E-state index is 11.8. The third-order valence-electron chi connectivity index (χ3n) is 12.2. The van der Waals surface area contributed by atoms with Gasteiger partial charge in [0.15, 0.2) is 0 Å². The Hall–Kier alpha value is -8.73. The van der Waals surface area contributed by atoms with Crippen molar-refractivity contribution >= 4 is 77.4 Å². The van der Waals surface area contributed by atoms with Crippen LogP contribution in [0.25, 0.3) is 0 Å². The fraction of sp³-hybridized carbons (Fsp3) is 0. The molecule has 0 aromatic heterocycles. The van der Waals surface area contributed by atoms with Crippen LogP contribution >= 0.6 is 45.6 Å². The summed E-state index contributed by atoms with van der Waals surface area (Å²) in [6, 6.07) is 99.3. The first-order valence-corrected chi connectivity index (χ1v) is 38.0. The molecule has 0 N–H and O–H groups in total. The molecule has 0 aliphatic heterocycles. The van der Waals surface area contributed by atoms with Crippen LogP contribution < -0.4 is 88.3 Å². The zero-order valence-electron chi connectivity index (χ0n) is 51.1. The normalized spacial score (nSPS) is 13.9. The molecular weight excluding hydrogens is 1430 g/mol. The quantitative estimate of drug-likeness (QED) is 0.0569. The summed E-state index contributed by atoms with van der Waals surface area (Å²) < 4.78 is 101. The maximum Gasteiger partial charge on any atom is 6.00 e. The number of benzene rings is 12. The van der Waals surface area contributed by atoms with Crippen LogP contribution in [0.1, 0.15) is 0 Å². The Bertz CT molecular complexity index is 3740. The Morgan fingerprint density at radius 2 is 0.237 bits per heavy atom. The molecule has 12 aromatic carbocycles. The molecule has 25 heteroatoms. The number of hydrogen-bond donors (Lipinski definition) is 0. The maximum atomic E-state index is 11.8. The monoisotopic (exact) mass is 1500 g/mol. The summed E-state index contributed by atoms with van der Waals surface area (Å²) in [4.78, 5) is 70.8. The van der Waals surface area contributed by atoms with Gasteiger partial charge >= 0.3 is 21.1 Å². The van der Waals surface area contributed by atoms with Crippen LogP contribution in [0.15, 0.2) is 364 Å². The predicted molar refractivity (Wildman–Crippen MR) is 365 cm³/mol. The van der Waals surface area contributed by atoms with E-state index in [0.29, 0.717) is 34.5 Å². The summed E-state index contributed by atoms with van der Waals surface area (Å²) in [6.07, 6.45) is 0. The van der Waals surface area contributed by atoms with Crippen LogP contribution in [-0.4, -0.2) is 0 Å². The van der Waals surface area contributed by atoms with Crippen molar-refractivity contribution < 1.29 is 105 Å². The van der Waals surface area contributed by atoms with Crippen molar-refractivity contribution in [3.05, 3.63) is 364 Å². The van der Waals surface area contributed by atoms with Gasteiger partial charge in [0.2, 0.25) is 45.6 Å².